The van der Waals surface area contributed by atoms with Gasteiger partial charge < -0.3 is 0 Å². The van der Waals surface area contributed by atoms with E-state index in [2.05, 4.69) is 34.7 Å². The Morgan fingerprint density at radius 1 is 1.30 bits per heavy atom. The predicted molar refractivity (Wildman–Crippen MR) is 53.6 cm³/mol. The second-order valence-corrected chi connectivity index (χ2v) is 3.57. The van der Waals surface area contributed by atoms with Crippen LogP contribution in [0, 0.1) is 3.57 Å². The lowest BCUT2D eigenvalue weighted by molar-refractivity contribution is 1.13. The van der Waals surface area contributed by atoms with E-state index in [4.69, 9.17) is 11.6 Å². The first-order valence-corrected chi connectivity index (χ1v) is 4.75. The van der Waals surface area contributed by atoms with E-state index in [1.165, 1.54) is 9.13 Å². The normalized spacial score (nSPS) is 9.80. The summed E-state index contributed by atoms with van der Waals surface area (Å²) in [5.74, 6) is 0.708. The van der Waals surface area contributed by atoms with Crippen LogP contribution in [0.3, 0.4) is 0 Å². The van der Waals surface area contributed by atoms with Gasteiger partial charge in [0.1, 0.15) is 0 Å². The molecular weight excluding hydrogens is 258 g/mol. The molecule has 1 aromatic carbocycles. The molecule has 0 atom stereocenters. The average molecular weight is 267 g/mol. The highest BCUT2D eigenvalue weighted by molar-refractivity contribution is 14.1. The molecule has 0 spiro atoms. The monoisotopic (exact) mass is 266 g/mol. The third kappa shape index (κ3) is 2.13. The maximum atomic E-state index is 5.60. The maximum Gasteiger partial charge on any atom is 0.0264 e. The van der Waals surface area contributed by atoms with Crippen LogP contribution < -0.4 is 0 Å². The van der Waals surface area contributed by atoms with E-state index in [1.807, 2.05) is 12.1 Å². The lowest BCUT2D eigenvalue weighted by Crippen LogP contribution is -1.88. The summed E-state index contributed by atoms with van der Waals surface area (Å²) in [6.45, 7) is 0. The highest BCUT2D eigenvalue weighted by Crippen LogP contribution is 2.11. The van der Waals surface area contributed by atoms with Crippen molar-refractivity contribution in [1.82, 2.24) is 0 Å². The third-order valence-electron chi connectivity index (χ3n) is 1.32. The van der Waals surface area contributed by atoms with E-state index >= 15 is 0 Å². The second kappa shape index (κ2) is 4.19. The summed E-state index contributed by atoms with van der Waals surface area (Å²) in [6.07, 6.45) is 0.973. The minimum Gasteiger partial charge on any atom is -0.126 e. The summed E-state index contributed by atoms with van der Waals surface area (Å²) in [7, 11) is 0. The molecule has 0 aromatic heterocycles. The molecule has 0 radical (unpaired) electrons. The Labute approximate surface area is 79.7 Å². The third-order valence-corrected chi connectivity index (χ3v) is 2.56. The van der Waals surface area contributed by atoms with Crippen LogP contribution in [0.1, 0.15) is 5.56 Å². The minimum absolute atomic E-state index is 0.708. The molecule has 1 rings (SSSR count). The number of benzene rings is 1. The molecule has 0 aliphatic heterocycles. The van der Waals surface area contributed by atoms with Crippen molar-refractivity contribution >= 4 is 34.2 Å². The van der Waals surface area contributed by atoms with Gasteiger partial charge in [0.15, 0.2) is 0 Å². The van der Waals surface area contributed by atoms with Gasteiger partial charge in [-0.25, -0.2) is 0 Å². The Balaban J connectivity index is 2.81. The van der Waals surface area contributed by atoms with Crippen molar-refractivity contribution < 1.29 is 0 Å². The number of aryl methyl sites for hydroxylation is 1. The van der Waals surface area contributed by atoms with Gasteiger partial charge in [0.25, 0.3) is 0 Å². The fourth-order valence-electron chi connectivity index (χ4n) is 0.803. The number of halogens is 2. The molecule has 54 valence electrons. The van der Waals surface area contributed by atoms with E-state index in [1.54, 1.807) is 0 Å². The summed E-state index contributed by atoms with van der Waals surface area (Å²) < 4.78 is 1.31. The lowest BCUT2D eigenvalue weighted by Gasteiger charge is -1.98. The van der Waals surface area contributed by atoms with Crippen molar-refractivity contribution in [3.63, 3.8) is 0 Å². The van der Waals surface area contributed by atoms with Crippen LogP contribution in [-0.4, -0.2) is 5.88 Å². The zero-order chi connectivity index (χ0) is 7.40. The first-order chi connectivity index (χ1) is 4.84. The van der Waals surface area contributed by atoms with Crippen LogP contribution in [0.25, 0.3) is 0 Å². The van der Waals surface area contributed by atoms with Crippen LogP contribution in [0.2, 0.25) is 0 Å². The maximum absolute atomic E-state index is 5.60. The van der Waals surface area contributed by atoms with Crippen LogP contribution in [-0.2, 0) is 6.42 Å². The molecule has 0 amide bonds. The number of hydrogen-bond acceptors (Lipinski definition) is 0. The Morgan fingerprint density at radius 2 is 2.00 bits per heavy atom. The van der Waals surface area contributed by atoms with Gasteiger partial charge in [-0.3, -0.25) is 0 Å². The molecule has 0 saturated carbocycles. The quantitative estimate of drug-likeness (QED) is 0.570. The number of rotatable bonds is 2. The molecule has 0 aliphatic rings. The van der Waals surface area contributed by atoms with Gasteiger partial charge in [-0.1, -0.05) is 18.2 Å². The van der Waals surface area contributed by atoms with Crippen molar-refractivity contribution in [2.45, 2.75) is 6.42 Å². The molecule has 0 aliphatic carbocycles. The van der Waals surface area contributed by atoms with Crippen LogP contribution in [0.4, 0.5) is 0 Å². The summed E-state index contributed by atoms with van der Waals surface area (Å²) in [6, 6.07) is 8.30. The molecule has 0 N–H and O–H groups in total. The van der Waals surface area contributed by atoms with Crippen molar-refractivity contribution in [1.29, 1.82) is 0 Å². The van der Waals surface area contributed by atoms with Crippen LogP contribution in [0.15, 0.2) is 24.3 Å². The van der Waals surface area contributed by atoms with Crippen molar-refractivity contribution in [3.05, 3.63) is 33.4 Å². The fraction of sp³-hybridized carbons (Fsp3) is 0.250. The van der Waals surface area contributed by atoms with Gasteiger partial charge in [-0.05, 0) is 40.6 Å². The molecule has 0 bridgehead atoms. The Kier molecular flexibility index (Phi) is 3.49. The molecule has 0 heterocycles. The zero-order valence-electron chi connectivity index (χ0n) is 5.48. The van der Waals surface area contributed by atoms with Crippen molar-refractivity contribution in [3.8, 4) is 0 Å². The lowest BCUT2D eigenvalue weighted by atomic mass is 10.2. The predicted octanol–water partition coefficient (Wildman–Crippen LogP) is 3.07. The molecule has 0 unspecified atom stereocenters. The van der Waals surface area contributed by atoms with E-state index in [-0.39, 0.29) is 0 Å². The fourth-order valence-corrected chi connectivity index (χ4v) is 1.66. The summed E-state index contributed by atoms with van der Waals surface area (Å²) in [5, 5.41) is 0. The van der Waals surface area contributed by atoms with Gasteiger partial charge in [-0.2, -0.15) is 0 Å². The molecule has 0 fully saturated rings. The molecule has 2 heteroatoms. The first-order valence-electron chi connectivity index (χ1n) is 3.14. The van der Waals surface area contributed by atoms with Crippen molar-refractivity contribution in [2.75, 3.05) is 5.88 Å². The smallest absolute Gasteiger partial charge is 0.0264 e. The first kappa shape index (κ1) is 8.34. The van der Waals surface area contributed by atoms with E-state index < -0.39 is 0 Å². The highest BCUT2D eigenvalue weighted by Gasteiger charge is 1.94. The Hall–Kier alpha value is 0.240. The van der Waals surface area contributed by atoms with Gasteiger partial charge in [0.05, 0.1) is 0 Å². The molecule has 1 aromatic rings. The van der Waals surface area contributed by atoms with Gasteiger partial charge in [-0.15, -0.1) is 11.6 Å². The Morgan fingerprint density at radius 3 is 2.60 bits per heavy atom. The Bertz CT molecular complexity index is 210. The summed E-state index contributed by atoms with van der Waals surface area (Å²) in [4.78, 5) is 0. The van der Waals surface area contributed by atoms with E-state index in [9.17, 15) is 0 Å². The topological polar surface area (TPSA) is 0 Å². The molecular formula is C8H8ClI. The highest BCUT2D eigenvalue weighted by atomic mass is 127. The minimum atomic E-state index is 0.708. The average Bonchev–Trinajstić information content (AvgIpc) is 1.94. The van der Waals surface area contributed by atoms with E-state index in [0.29, 0.717) is 5.88 Å². The molecule has 10 heavy (non-hydrogen) atoms. The zero-order valence-corrected chi connectivity index (χ0v) is 8.39. The standard InChI is InChI=1S/C8H8ClI/c9-6-5-7-3-1-2-4-8(7)10/h1-4H,5-6H2. The molecule has 0 nitrogen and oxygen atoms in total. The van der Waals surface area contributed by atoms with Gasteiger partial charge >= 0.3 is 0 Å². The number of alkyl halides is 1. The van der Waals surface area contributed by atoms with Crippen LogP contribution in [0.5, 0.6) is 0 Å². The number of hydrogen-bond donors (Lipinski definition) is 0. The largest absolute Gasteiger partial charge is 0.126 e. The summed E-state index contributed by atoms with van der Waals surface area (Å²) in [5.41, 5.74) is 1.35. The van der Waals surface area contributed by atoms with Gasteiger partial charge in [0, 0.05) is 9.45 Å². The SMILES string of the molecule is ClCCc1ccccc1I. The molecule has 0 saturated heterocycles. The second-order valence-electron chi connectivity index (χ2n) is 2.03. The van der Waals surface area contributed by atoms with Gasteiger partial charge in [0.2, 0.25) is 0 Å². The summed E-state index contributed by atoms with van der Waals surface area (Å²) >= 11 is 7.93. The van der Waals surface area contributed by atoms with Crippen molar-refractivity contribution in [2.24, 2.45) is 0 Å². The van der Waals surface area contributed by atoms with Crippen LogP contribution >= 0.6 is 34.2 Å². The van der Waals surface area contributed by atoms with E-state index in [0.717, 1.165) is 6.42 Å².